The Bertz CT molecular complexity index is 759. The predicted octanol–water partition coefficient (Wildman–Crippen LogP) is 2.48. The van der Waals surface area contributed by atoms with Gasteiger partial charge in [-0.2, -0.15) is 0 Å². The van der Waals surface area contributed by atoms with E-state index < -0.39 is 0 Å². The summed E-state index contributed by atoms with van der Waals surface area (Å²) < 4.78 is 5.49. The number of likely N-dealkylation sites (N-methyl/N-ethyl adjacent to an activating group) is 1. The lowest BCUT2D eigenvalue weighted by Crippen LogP contribution is -2.47. The Labute approximate surface area is 166 Å². The molecule has 1 aromatic heterocycles. The van der Waals surface area contributed by atoms with Gasteiger partial charge in [-0.05, 0) is 44.6 Å². The van der Waals surface area contributed by atoms with Crippen molar-refractivity contribution in [2.75, 3.05) is 33.7 Å². The van der Waals surface area contributed by atoms with Crippen molar-refractivity contribution in [3.05, 3.63) is 60.1 Å². The van der Waals surface area contributed by atoms with Gasteiger partial charge in [-0.3, -0.25) is 14.5 Å². The lowest BCUT2D eigenvalue weighted by Gasteiger charge is -2.32. The highest BCUT2D eigenvalue weighted by molar-refractivity contribution is 5.82. The van der Waals surface area contributed by atoms with Crippen LogP contribution in [0, 0.1) is 5.92 Å². The van der Waals surface area contributed by atoms with E-state index in [2.05, 4.69) is 5.32 Å². The highest BCUT2D eigenvalue weighted by atomic mass is 16.3. The smallest absolute Gasteiger partial charge is 0.227 e. The molecule has 3 rings (SSSR count). The number of hydrogen-bond acceptors (Lipinski definition) is 4. The van der Waals surface area contributed by atoms with Crippen LogP contribution >= 0.6 is 0 Å². The summed E-state index contributed by atoms with van der Waals surface area (Å²) in [5.41, 5.74) is 1.01. The standard InChI is InChI=1S/C22H29N3O3/c1-24(2)19(20-11-7-13-28-20)15-23-22(27)18-10-6-12-25(16-18)21(26)14-17-8-4-3-5-9-17/h3-5,7-9,11,13,18-19H,6,10,12,14-16H2,1-2H3,(H,23,27). The van der Waals surface area contributed by atoms with E-state index in [0.717, 1.165) is 30.7 Å². The molecule has 0 aliphatic carbocycles. The lowest BCUT2D eigenvalue weighted by molar-refractivity contribution is -0.135. The van der Waals surface area contributed by atoms with Crippen LogP contribution in [-0.4, -0.2) is 55.3 Å². The zero-order valence-electron chi connectivity index (χ0n) is 16.6. The van der Waals surface area contributed by atoms with Gasteiger partial charge < -0.3 is 14.6 Å². The lowest BCUT2D eigenvalue weighted by atomic mass is 9.96. The average Bonchev–Trinajstić information content (AvgIpc) is 3.23. The van der Waals surface area contributed by atoms with Crippen LogP contribution in [-0.2, 0) is 16.0 Å². The van der Waals surface area contributed by atoms with Crippen LogP contribution in [0.5, 0.6) is 0 Å². The van der Waals surface area contributed by atoms with Crippen molar-refractivity contribution in [3.63, 3.8) is 0 Å². The molecule has 0 saturated carbocycles. The molecule has 1 saturated heterocycles. The maximum Gasteiger partial charge on any atom is 0.227 e. The molecule has 1 aliphatic rings. The molecule has 0 spiro atoms. The fraction of sp³-hybridized carbons (Fsp3) is 0.455. The molecule has 6 nitrogen and oxygen atoms in total. The number of carbonyl (C=O) groups is 2. The third kappa shape index (κ3) is 5.23. The van der Waals surface area contributed by atoms with Gasteiger partial charge in [0.05, 0.1) is 24.6 Å². The molecule has 1 fully saturated rings. The van der Waals surface area contributed by atoms with Gasteiger partial charge >= 0.3 is 0 Å². The molecule has 150 valence electrons. The quantitative estimate of drug-likeness (QED) is 0.798. The summed E-state index contributed by atoms with van der Waals surface area (Å²) in [6.45, 7) is 1.70. The molecule has 28 heavy (non-hydrogen) atoms. The molecule has 1 aromatic carbocycles. The Morgan fingerprint density at radius 3 is 2.68 bits per heavy atom. The van der Waals surface area contributed by atoms with Crippen LogP contribution in [0.15, 0.2) is 53.1 Å². The maximum atomic E-state index is 12.7. The predicted molar refractivity (Wildman–Crippen MR) is 108 cm³/mol. The second-order valence-corrected chi connectivity index (χ2v) is 7.58. The van der Waals surface area contributed by atoms with E-state index >= 15 is 0 Å². The van der Waals surface area contributed by atoms with Gasteiger partial charge in [-0.25, -0.2) is 0 Å². The molecule has 0 radical (unpaired) electrons. The molecule has 6 heteroatoms. The van der Waals surface area contributed by atoms with Gasteiger partial charge in [0, 0.05) is 19.6 Å². The Morgan fingerprint density at radius 2 is 2.00 bits per heavy atom. The van der Waals surface area contributed by atoms with Gasteiger partial charge in [-0.15, -0.1) is 0 Å². The summed E-state index contributed by atoms with van der Waals surface area (Å²) in [7, 11) is 3.92. The van der Waals surface area contributed by atoms with E-state index in [-0.39, 0.29) is 23.8 Å². The third-order valence-corrected chi connectivity index (χ3v) is 5.31. The van der Waals surface area contributed by atoms with Crippen molar-refractivity contribution in [2.45, 2.75) is 25.3 Å². The van der Waals surface area contributed by atoms with Gasteiger partial charge in [0.1, 0.15) is 5.76 Å². The van der Waals surface area contributed by atoms with E-state index in [9.17, 15) is 9.59 Å². The van der Waals surface area contributed by atoms with Crippen LogP contribution in [0.1, 0.15) is 30.2 Å². The topological polar surface area (TPSA) is 65.8 Å². The monoisotopic (exact) mass is 383 g/mol. The molecule has 1 N–H and O–H groups in total. The molecular weight excluding hydrogens is 354 g/mol. The maximum absolute atomic E-state index is 12.7. The molecule has 0 bridgehead atoms. The van der Waals surface area contributed by atoms with Crippen molar-refractivity contribution in [3.8, 4) is 0 Å². The number of nitrogens with one attached hydrogen (secondary N) is 1. The molecule has 2 aromatic rings. The van der Waals surface area contributed by atoms with E-state index in [1.807, 2.05) is 66.4 Å². The van der Waals surface area contributed by atoms with Crippen molar-refractivity contribution >= 4 is 11.8 Å². The average molecular weight is 383 g/mol. The molecule has 2 amide bonds. The summed E-state index contributed by atoms with van der Waals surface area (Å²) in [6, 6.07) is 13.5. The number of furan rings is 1. The number of amides is 2. The minimum atomic E-state index is -0.159. The number of likely N-dealkylation sites (tertiary alicyclic amines) is 1. The number of nitrogens with zero attached hydrogens (tertiary/aromatic N) is 2. The van der Waals surface area contributed by atoms with E-state index in [4.69, 9.17) is 4.42 Å². The SMILES string of the molecule is CN(C)C(CNC(=O)C1CCCN(C(=O)Cc2ccccc2)C1)c1ccco1. The minimum absolute atomic E-state index is 0.00983. The van der Waals surface area contributed by atoms with E-state index in [1.54, 1.807) is 6.26 Å². The fourth-order valence-electron chi connectivity index (χ4n) is 3.66. The highest BCUT2D eigenvalue weighted by Crippen LogP contribution is 2.20. The number of benzene rings is 1. The van der Waals surface area contributed by atoms with Gasteiger partial charge in [-0.1, -0.05) is 30.3 Å². The van der Waals surface area contributed by atoms with Crippen LogP contribution in [0.2, 0.25) is 0 Å². The molecule has 2 heterocycles. The van der Waals surface area contributed by atoms with Crippen LogP contribution < -0.4 is 5.32 Å². The highest BCUT2D eigenvalue weighted by Gasteiger charge is 2.29. The van der Waals surface area contributed by atoms with Gasteiger partial charge in [0.2, 0.25) is 11.8 Å². The first-order valence-electron chi connectivity index (χ1n) is 9.84. The third-order valence-electron chi connectivity index (χ3n) is 5.31. The van der Waals surface area contributed by atoms with Gasteiger partial charge in [0.15, 0.2) is 0 Å². The molecular formula is C22H29N3O3. The zero-order valence-corrected chi connectivity index (χ0v) is 16.6. The van der Waals surface area contributed by atoms with Crippen molar-refractivity contribution in [1.29, 1.82) is 0 Å². The second-order valence-electron chi connectivity index (χ2n) is 7.58. The Kier molecular flexibility index (Phi) is 6.87. The number of rotatable bonds is 7. The Hall–Kier alpha value is -2.60. The van der Waals surface area contributed by atoms with E-state index in [1.165, 1.54) is 0 Å². The van der Waals surface area contributed by atoms with E-state index in [0.29, 0.717) is 19.5 Å². The number of hydrogen-bond donors (Lipinski definition) is 1. The van der Waals surface area contributed by atoms with Crippen molar-refractivity contribution < 1.29 is 14.0 Å². The largest absolute Gasteiger partial charge is 0.468 e. The van der Waals surface area contributed by atoms with Crippen molar-refractivity contribution in [2.24, 2.45) is 5.92 Å². The summed E-state index contributed by atoms with van der Waals surface area (Å²) in [5.74, 6) is 0.766. The van der Waals surface area contributed by atoms with Gasteiger partial charge in [0.25, 0.3) is 0 Å². The fourth-order valence-corrected chi connectivity index (χ4v) is 3.66. The first-order valence-corrected chi connectivity index (χ1v) is 9.84. The van der Waals surface area contributed by atoms with Crippen molar-refractivity contribution in [1.82, 2.24) is 15.1 Å². The summed E-state index contributed by atoms with van der Waals surface area (Å²) >= 11 is 0. The Balaban J connectivity index is 1.53. The van der Waals surface area contributed by atoms with Crippen LogP contribution in [0.25, 0.3) is 0 Å². The minimum Gasteiger partial charge on any atom is -0.468 e. The summed E-state index contributed by atoms with van der Waals surface area (Å²) in [5, 5.41) is 3.05. The first-order chi connectivity index (χ1) is 13.5. The zero-order chi connectivity index (χ0) is 19.9. The van der Waals surface area contributed by atoms with Crippen LogP contribution in [0.3, 0.4) is 0 Å². The van der Waals surface area contributed by atoms with Crippen LogP contribution in [0.4, 0.5) is 0 Å². The molecule has 2 unspecified atom stereocenters. The first kappa shape index (κ1) is 20.1. The number of piperidine rings is 1. The Morgan fingerprint density at radius 1 is 1.21 bits per heavy atom. The number of carbonyl (C=O) groups excluding carboxylic acids is 2. The molecule has 2 atom stereocenters. The normalized spacial score (nSPS) is 18.1. The summed E-state index contributed by atoms with van der Waals surface area (Å²) in [4.78, 5) is 29.2. The second kappa shape index (κ2) is 9.55. The molecule has 1 aliphatic heterocycles. The summed E-state index contributed by atoms with van der Waals surface area (Å²) in [6.07, 6.45) is 3.70.